The van der Waals surface area contributed by atoms with Gasteiger partial charge in [0, 0.05) is 16.6 Å². The monoisotopic (exact) mass is 508 g/mol. The van der Waals surface area contributed by atoms with Gasteiger partial charge in [0.05, 0.1) is 0 Å². The molecule has 0 heterocycles. The average Bonchev–Trinajstić information content (AvgIpc) is 2.88. The number of carbonyl (C=O) groups is 2. The molecule has 0 amide bonds. The Labute approximate surface area is 221 Å². The van der Waals surface area contributed by atoms with E-state index in [2.05, 4.69) is 58.2 Å². The molecule has 0 radical (unpaired) electrons. The van der Waals surface area contributed by atoms with Crippen molar-refractivity contribution < 1.29 is 28.5 Å². The Balaban J connectivity index is 2.06. The van der Waals surface area contributed by atoms with Crippen LogP contribution in [0.5, 0.6) is 11.5 Å². The summed E-state index contributed by atoms with van der Waals surface area (Å²) in [6.07, 6.45) is 2.06. The van der Waals surface area contributed by atoms with Crippen molar-refractivity contribution in [3.8, 4) is 11.5 Å². The number of hydrogen-bond donors (Lipinski definition) is 0. The highest BCUT2D eigenvalue weighted by molar-refractivity contribution is 5.87. The molecule has 0 saturated heterocycles. The number of ether oxygens (including phenoxy) is 4. The van der Waals surface area contributed by atoms with Crippen LogP contribution in [0.15, 0.2) is 72.8 Å². The van der Waals surface area contributed by atoms with Crippen molar-refractivity contribution in [1.82, 2.24) is 0 Å². The SMILES string of the molecule is C=C(C)C(=O)OCCOc1ccc(C(C)(CCC(C)C)c2ccc(OCCOC(=O)C(=C)C)cc2)cc1. The number of esters is 2. The first-order valence-electron chi connectivity index (χ1n) is 12.6. The topological polar surface area (TPSA) is 71.1 Å². The Kier molecular flexibility index (Phi) is 11.4. The lowest BCUT2D eigenvalue weighted by atomic mass is 9.72. The highest BCUT2D eigenvalue weighted by Gasteiger charge is 2.29. The molecule has 0 saturated carbocycles. The summed E-state index contributed by atoms with van der Waals surface area (Å²) in [7, 11) is 0. The first kappa shape index (κ1) is 29.7. The van der Waals surface area contributed by atoms with Crippen molar-refractivity contribution in [2.75, 3.05) is 26.4 Å². The van der Waals surface area contributed by atoms with Gasteiger partial charge in [0.25, 0.3) is 0 Å². The Bertz CT molecular complexity index is 973. The summed E-state index contributed by atoms with van der Waals surface area (Å²) in [5.41, 5.74) is 2.92. The van der Waals surface area contributed by atoms with Gasteiger partial charge in [0.1, 0.15) is 37.9 Å². The number of carbonyl (C=O) groups excluding carboxylic acids is 2. The highest BCUT2D eigenvalue weighted by Crippen LogP contribution is 2.38. The van der Waals surface area contributed by atoms with E-state index in [1.165, 1.54) is 11.1 Å². The largest absolute Gasteiger partial charge is 0.490 e. The molecule has 0 atom stereocenters. The molecule has 37 heavy (non-hydrogen) atoms. The maximum atomic E-state index is 11.5. The van der Waals surface area contributed by atoms with Crippen LogP contribution in [0, 0.1) is 5.92 Å². The summed E-state index contributed by atoms with van der Waals surface area (Å²) in [6, 6.07) is 16.2. The summed E-state index contributed by atoms with van der Waals surface area (Å²) >= 11 is 0. The maximum Gasteiger partial charge on any atom is 0.333 e. The smallest absolute Gasteiger partial charge is 0.333 e. The summed E-state index contributed by atoms with van der Waals surface area (Å²) in [5, 5.41) is 0. The van der Waals surface area contributed by atoms with Gasteiger partial charge in [-0.15, -0.1) is 0 Å². The minimum absolute atomic E-state index is 0.171. The van der Waals surface area contributed by atoms with Crippen LogP contribution < -0.4 is 9.47 Å². The molecule has 0 N–H and O–H groups in total. The van der Waals surface area contributed by atoms with Crippen LogP contribution >= 0.6 is 0 Å². The number of benzene rings is 2. The summed E-state index contributed by atoms with van der Waals surface area (Å²) in [4.78, 5) is 23.0. The van der Waals surface area contributed by atoms with Gasteiger partial charge in [-0.25, -0.2) is 9.59 Å². The van der Waals surface area contributed by atoms with Crippen molar-refractivity contribution in [3.63, 3.8) is 0 Å². The van der Waals surface area contributed by atoms with Gasteiger partial charge in [-0.1, -0.05) is 58.2 Å². The number of rotatable bonds is 15. The standard InChI is InChI=1S/C31H40O6/c1-22(2)16-17-31(7,25-8-12-27(13-9-25)34-18-20-36-29(32)23(3)4)26-10-14-28(15-11-26)35-19-21-37-30(33)24(5)6/h8-15,22H,3,5,16-21H2,1-2,4,6-7H3. The molecule has 0 spiro atoms. The minimum atomic E-state index is -0.414. The molecule has 2 aromatic carbocycles. The zero-order chi connectivity index (χ0) is 27.4. The van der Waals surface area contributed by atoms with Crippen LogP contribution in [0.25, 0.3) is 0 Å². The summed E-state index contributed by atoms with van der Waals surface area (Å²) in [5.74, 6) is 1.19. The van der Waals surface area contributed by atoms with E-state index in [0.29, 0.717) is 17.1 Å². The Hall–Kier alpha value is -3.54. The highest BCUT2D eigenvalue weighted by atomic mass is 16.6. The molecule has 200 valence electrons. The predicted molar refractivity (Wildman–Crippen MR) is 146 cm³/mol. The van der Waals surface area contributed by atoms with Crippen LogP contribution in [0.2, 0.25) is 0 Å². The lowest BCUT2D eigenvalue weighted by Gasteiger charge is -2.32. The minimum Gasteiger partial charge on any atom is -0.490 e. The van der Waals surface area contributed by atoms with E-state index in [0.717, 1.165) is 24.3 Å². The molecular formula is C31H40O6. The summed E-state index contributed by atoms with van der Waals surface area (Å²) in [6.45, 7) is 18.0. The lowest BCUT2D eigenvalue weighted by molar-refractivity contribution is -0.140. The molecule has 0 bridgehead atoms. The van der Waals surface area contributed by atoms with Crippen LogP contribution in [0.4, 0.5) is 0 Å². The van der Waals surface area contributed by atoms with Crippen molar-refractivity contribution in [2.45, 2.75) is 52.9 Å². The Morgan fingerprint density at radius 3 is 1.43 bits per heavy atom. The van der Waals surface area contributed by atoms with E-state index in [1.54, 1.807) is 13.8 Å². The predicted octanol–water partition coefficient (Wildman–Crippen LogP) is 6.43. The zero-order valence-corrected chi connectivity index (χ0v) is 22.8. The van der Waals surface area contributed by atoms with Gasteiger partial charge in [-0.3, -0.25) is 0 Å². The van der Waals surface area contributed by atoms with E-state index in [9.17, 15) is 9.59 Å². The van der Waals surface area contributed by atoms with Gasteiger partial charge in [0.15, 0.2) is 0 Å². The van der Waals surface area contributed by atoms with Gasteiger partial charge >= 0.3 is 11.9 Å². The molecule has 6 heteroatoms. The van der Waals surface area contributed by atoms with Crippen LogP contribution in [0.3, 0.4) is 0 Å². The average molecular weight is 509 g/mol. The Morgan fingerprint density at radius 2 is 1.11 bits per heavy atom. The molecule has 2 rings (SSSR count). The second-order valence-electron chi connectivity index (χ2n) is 9.84. The second-order valence-corrected chi connectivity index (χ2v) is 9.84. The zero-order valence-electron chi connectivity index (χ0n) is 22.8. The first-order valence-corrected chi connectivity index (χ1v) is 12.6. The van der Waals surface area contributed by atoms with Crippen molar-refractivity contribution >= 4 is 11.9 Å². The van der Waals surface area contributed by atoms with Gasteiger partial charge in [0.2, 0.25) is 0 Å². The van der Waals surface area contributed by atoms with E-state index in [4.69, 9.17) is 18.9 Å². The fourth-order valence-corrected chi connectivity index (χ4v) is 3.70. The van der Waals surface area contributed by atoms with Crippen LogP contribution in [-0.4, -0.2) is 38.4 Å². The third-order valence-electron chi connectivity index (χ3n) is 6.07. The van der Waals surface area contributed by atoms with Crippen molar-refractivity contribution in [3.05, 3.63) is 84.0 Å². The van der Waals surface area contributed by atoms with Crippen molar-refractivity contribution in [1.29, 1.82) is 0 Å². The first-order chi connectivity index (χ1) is 17.5. The van der Waals surface area contributed by atoms with Crippen molar-refractivity contribution in [2.24, 2.45) is 5.92 Å². The second kappa shape index (κ2) is 14.3. The maximum absolute atomic E-state index is 11.5. The lowest BCUT2D eigenvalue weighted by Crippen LogP contribution is -2.24. The molecule has 6 nitrogen and oxygen atoms in total. The third kappa shape index (κ3) is 9.45. The van der Waals surface area contributed by atoms with E-state index in [-0.39, 0.29) is 31.8 Å². The molecule has 0 unspecified atom stereocenters. The van der Waals surface area contributed by atoms with Crippen LogP contribution in [-0.2, 0) is 24.5 Å². The van der Waals surface area contributed by atoms with Crippen LogP contribution in [0.1, 0.15) is 58.6 Å². The van der Waals surface area contributed by atoms with E-state index >= 15 is 0 Å². The molecule has 0 aliphatic carbocycles. The normalized spacial score (nSPS) is 11.1. The molecule has 0 aliphatic rings. The molecular weight excluding hydrogens is 468 g/mol. The molecule has 2 aromatic rings. The fraction of sp³-hybridized carbons (Fsp3) is 0.419. The van der Waals surface area contributed by atoms with E-state index in [1.807, 2.05) is 24.3 Å². The number of hydrogen-bond acceptors (Lipinski definition) is 6. The quantitative estimate of drug-likeness (QED) is 0.157. The van der Waals surface area contributed by atoms with Gasteiger partial charge in [-0.05, 0) is 68.0 Å². The summed E-state index contributed by atoms with van der Waals surface area (Å²) < 4.78 is 21.6. The van der Waals surface area contributed by atoms with E-state index < -0.39 is 11.9 Å². The fourth-order valence-electron chi connectivity index (χ4n) is 3.70. The molecule has 0 fully saturated rings. The third-order valence-corrected chi connectivity index (χ3v) is 6.07. The Morgan fingerprint density at radius 1 is 0.730 bits per heavy atom. The molecule has 0 aromatic heterocycles. The van der Waals surface area contributed by atoms with Gasteiger partial charge in [-0.2, -0.15) is 0 Å². The molecule has 0 aliphatic heterocycles. The van der Waals surface area contributed by atoms with Gasteiger partial charge < -0.3 is 18.9 Å².